The van der Waals surface area contributed by atoms with E-state index >= 15 is 0 Å². The molecule has 0 saturated heterocycles. The van der Waals surface area contributed by atoms with Gasteiger partial charge < -0.3 is 5.11 Å². The molecule has 1 aromatic carbocycles. The minimum atomic E-state index is -0.279. The Hall–Kier alpha value is -0.380. The fourth-order valence-electron chi connectivity index (χ4n) is 3.78. The Morgan fingerprint density at radius 3 is 2.45 bits per heavy atom. The van der Waals surface area contributed by atoms with Gasteiger partial charge in [-0.15, -0.1) is 0 Å². The van der Waals surface area contributed by atoms with Crippen molar-refractivity contribution >= 4 is 15.9 Å². The molecule has 0 bridgehead atoms. The van der Waals surface area contributed by atoms with Crippen LogP contribution in [0.5, 0.6) is 0 Å². The van der Waals surface area contributed by atoms with E-state index in [0.29, 0.717) is 0 Å². The second-order valence-corrected chi connectivity index (χ2v) is 6.75. The summed E-state index contributed by atoms with van der Waals surface area (Å²) in [5.41, 5.74) is 1.21. The molecule has 1 fully saturated rings. The normalized spacial score (nSPS) is 19.4. The van der Waals surface area contributed by atoms with Crippen LogP contribution in [0.15, 0.2) is 28.7 Å². The van der Waals surface area contributed by atoms with Gasteiger partial charge in [0.15, 0.2) is 0 Å². The number of hydrogen-bond acceptors (Lipinski definition) is 2. The van der Waals surface area contributed by atoms with E-state index in [1.807, 2.05) is 12.1 Å². The molecule has 0 radical (unpaired) electrons. The monoisotopic (exact) mass is 339 g/mol. The average molecular weight is 340 g/mol. The topological polar surface area (TPSA) is 23.5 Å². The summed E-state index contributed by atoms with van der Waals surface area (Å²) in [7, 11) is 0. The fraction of sp³-hybridized carbons (Fsp3) is 0.647. The molecule has 0 heterocycles. The Morgan fingerprint density at radius 2 is 1.90 bits per heavy atom. The number of nitrogens with zero attached hydrogens (tertiary/aromatic N) is 1. The van der Waals surface area contributed by atoms with Gasteiger partial charge in [0.05, 0.1) is 6.10 Å². The van der Waals surface area contributed by atoms with Gasteiger partial charge >= 0.3 is 0 Å². The van der Waals surface area contributed by atoms with Gasteiger partial charge in [0, 0.05) is 16.4 Å². The van der Waals surface area contributed by atoms with Crippen molar-refractivity contribution in [3.8, 4) is 0 Å². The van der Waals surface area contributed by atoms with Crippen molar-refractivity contribution in [3.63, 3.8) is 0 Å². The van der Waals surface area contributed by atoms with Crippen LogP contribution < -0.4 is 0 Å². The molecule has 3 heteroatoms. The first-order valence-electron chi connectivity index (χ1n) is 7.80. The SMILES string of the molecule is CCN(CC)C1(C(O)Cc2cccc(Br)c2)CCCC1. The minimum Gasteiger partial charge on any atom is -0.391 e. The van der Waals surface area contributed by atoms with Crippen molar-refractivity contribution < 1.29 is 5.11 Å². The lowest BCUT2D eigenvalue weighted by Crippen LogP contribution is -2.55. The van der Waals surface area contributed by atoms with E-state index < -0.39 is 0 Å². The lowest BCUT2D eigenvalue weighted by molar-refractivity contribution is -0.0244. The molecule has 1 aliphatic carbocycles. The number of likely N-dealkylation sites (N-methyl/N-ethyl adjacent to an activating group) is 1. The second kappa shape index (κ2) is 7.06. The van der Waals surface area contributed by atoms with Crippen LogP contribution in [0.3, 0.4) is 0 Å². The Bertz CT molecular complexity index is 425. The van der Waals surface area contributed by atoms with Crippen molar-refractivity contribution in [2.24, 2.45) is 0 Å². The number of aliphatic hydroxyl groups excluding tert-OH is 1. The first-order chi connectivity index (χ1) is 9.62. The van der Waals surface area contributed by atoms with Gasteiger partial charge in [-0.3, -0.25) is 4.90 Å². The van der Waals surface area contributed by atoms with Crippen LogP contribution >= 0.6 is 15.9 Å². The number of aliphatic hydroxyl groups is 1. The third-order valence-electron chi connectivity index (χ3n) is 4.80. The van der Waals surface area contributed by atoms with E-state index in [0.717, 1.165) is 36.8 Å². The van der Waals surface area contributed by atoms with Crippen molar-refractivity contribution in [2.75, 3.05) is 13.1 Å². The van der Waals surface area contributed by atoms with Gasteiger partial charge in [0.1, 0.15) is 0 Å². The Balaban J connectivity index is 2.17. The summed E-state index contributed by atoms with van der Waals surface area (Å²) in [5, 5.41) is 10.9. The molecule has 0 aromatic heterocycles. The molecule has 1 N–H and O–H groups in total. The van der Waals surface area contributed by atoms with E-state index in [4.69, 9.17) is 0 Å². The van der Waals surface area contributed by atoms with Crippen LogP contribution in [0.1, 0.15) is 45.1 Å². The van der Waals surface area contributed by atoms with Crippen LogP contribution in [0.4, 0.5) is 0 Å². The Kier molecular flexibility index (Phi) is 5.65. The zero-order valence-corrected chi connectivity index (χ0v) is 14.2. The van der Waals surface area contributed by atoms with Crippen LogP contribution in [-0.2, 0) is 6.42 Å². The van der Waals surface area contributed by atoms with E-state index in [9.17, 15) is 5.11 Å². The predicted octanol–water partition coefficient (Wildman–Crippen LogP) is 4.01. The van der Waals surface area contributed by atoms with E-state index in [1.54, 1.807) is 0 Å². The van der Waals surface area contributed by atoms with E-state index in [-0.39, 0.29) is 11.6 Å². The maximum atomic E-state index is 10.9. The summed E-state index contributed by atoms with van der Waals surface area (Å²) in [4.78, 5) is 2.47. The van der Waals surface area contributed by atoms with Crippen LogP contribution in [0, 0.1) is 0 Å². The molecule has 0 spiro atoms. The zero-order chi connectivity index (χ0) is 14.6. The summed E-state index contributed by atoms with van der Waals surface area (Å²) in [5.74, 6) is 0. The van der Waals surface area contributed by atoms with Gasteiger partial charge in [-0.1, -0.05) is 54.8 Å². The smallest absolute Gasteiger partial charge is 0.0764 e. The Labute approximate surface area is 131 Å². The minimum absolute atomic E-state index is 0.00812. The molecule has 2 rings (SSSR count). The molecule has 0 amide bonds. The number of benzene rings is 1. The maximum absolute atomic E-state index is 10.9. The molecular formula is C17H26BrNO. The number of rotatable bonds is 6. The summed E-state index contributed by atoms with van der Waals surface area (Å²) in [6.45, 7) is 6.45. The lowest BCUT2D eigenvalue weighted by atomic mass is 9.84. The van der Waals surface area contributed by atoms with Crippen molar-refractivity contribution in [1.82, 2.24) is 4.90 Å². The van der Waals surface area contributed by atoms with Gasteiger partial charge in [-0.2, -0.15) is 0 Å². The molecule has 112 valence electrons. The molecule has 2 nitrogen and oxygen atoms in total. The van der Waals surface area contributed by atoms with E-state index in [1.165, 1.54) is 18.4 Å². The Morgan fingerprint density at radius 1 is 1.25 bits per heavy atom. The summed E-state index contributed by atoms with van der Waals surface area (Å²) < 4.78 is 1.09. The quantitative estimate of drug-likeness (QED) is 0.846. The molecule has 1 saturated carbocycles. The number of halogens is 1. The summed E-state index contributed by atoms with van der Waals surface area (Å²) >= 11 is 3.51. The lowest BCUT2D eigenvalue weighted by Gasteiger charge is -2.44. The molecule has 1 aromatic rings. The average Bonchev–Trinajstić information content (AvgIpc) is 2.91. The van der Waals surface area contributed by atoms with Crippen molar-refractivity contribution in [1.29, 1.82) is 0 Å². The molecule has 0 aliphatic heterocycles. The van der Waals surface area contributed by atoms with Crippen molar-refractivity contribution in [3.05, 3.63) is 34.3 Å². The fourth-order valence-corrected chi connectivity index (χ4v) is 4.22. The highest BCUT2D eigenvalue weighted by molar-refractivity contribution is 9.10. The standard InChI is InChI=1S/C17H26BrNO/c1-3-19(4-2)17(10-5-6-11-17)16(20)13-14-8-7-9-15(18)12-14/h7-9,12,16,20H,3-6,10-11,13H2,1-2H3. The van der Waals surface area contributed by atoms with Gasteiger partial charge in [-0.05, 0) is 43.6 Å². The molecule has 20 heavy (non-hydrogen) atoms. The predicted molar refractivity (Wildman–Crippen MR) is 88.0 cm³/mol. The van der Waals surface area contributed by atoms with Gasteiger partial charge in [0.25, 0.3) is 0 Å². The van der Waals surface area contributed by atoms with Crippen LogP contribution in [0.25, 0.3) is 0 Å². The molecule has 1 unspecified atom stereocenters. The van der Waals surface area contributed by atoms with Gasteiger partial charge in [-0.25, -0.2) is 0 Å². The highest BCUT2D eigenvalue weighted by atomic mass is 79.9. The molecule has 1 aliphatic rings. The highest BCUT2D eigenvalue weighted by Crippen LogP contribution is 2.39. The first-order valence-corrected chi connectivity index (χ1v) is 8.59. The number of hydrogen-bond donors (Lipinski definition) is 1. The first kappa shape index (κ1) is 16.0. The second-order valence-electron chi connectivity index (χ2n) is 5.83. The van der Waals surface area contributed by atoms with Crippen LogP contribution in [0.2, 0.25) is 0 Å². The van der Waals surface area contributed by atoms with Crippen LogP contribution in [-0.4, -0.2) is 34.7 Å². The summed E-state index contributed by atoms with van der Waals surface area (Å²) in [6.07, 6.45) is 5.21. The van der Waals surface area contributed by atoms with E-state index in [2.05, 4.69) is 46.8 Å². The third kappa shape index (κ3) is 3.26. The largest absolute Gasteiger partial charge is 0.391 e. The molecular weight excluding hydrogens is 314 g/mol. The zero-order valence-electron chi connectivity index (χ0n) is 12.6. The third-order valence-corrected chi connectivity index (χ3v) is 5.29. The summed E-state index contributed by atoms with van der Waals surface area (Å²) in [6, 6.07) is 8.31. The molecule has 1 atom stereocenters. The highest BCUT2D eigenvalue weighted by Gasteiger charge is 2.44. The van der Waals surface area contributed by atoms with Gasteiger partial charge in [0.2, 0.25) is 0 Å². The van der Waals surface area contributed by atoms with Crippen molar-refractivity contribution in [2.45, 2.75) is 57.6 Å². The maximum Gasteiger partial charge on any atom is 0.0764 e.